The van der Waals surface area contributed by atoms with Gasteiger partial charge in [-0.1, -0.05) is 26.8 Å². The molecule has 1 aromatic carbocycles. The van der Waals surface area contributed by atoms with E-state index >= 15 is 0 Å². The van der Waals surface area contributed by atoms with Crippen LogP contribution < -0.4 is 14.4 Å². The van der Waals surface area contributed by atoms with Crippen molar-refractivity contribution in [2.75, 3.05) is 31.8 Å². The summed E-state index contributed by atoms with van der Waals surface area (Å²) in [5, 5.41) is 0. The highest BCUT2D eigenvalue weighted by molar-refractivity contribution is 5.50. The molecular weight excluding hydrogens is 354 g/mol. The topological polar surface area (TPSA) is 56.7 Å². The highest BCUT2D eigenvalue weighted by Crippen LogP contribution is 2.40. The predicted molar refractivity (Wildman–Crippen MR) is 108 cm³/mol. The van der Waals surface area contributed by atoms with Gasteiger partial charge in [0.2, 0.25) is 0 Å². The van der Waals surface area contributed by atoms with Crippen molar-refractivity contribution in [3.63, 3.8) is 0 Å². The van der Waals surface area contributed by atoms with Gasteiger partial charge in [-0.3, -0.25) is 0 Å². The molecule has 6 heteroatoms. The van der Waals surface area contributed by atoms with Gasteiger partial charge in [0.05, 0.1) is 18.3 Å². The van der Waals surface area contributed by atoms with Crippen LogP contribution in [0.5, 0.6) is 11.5 Å². The number of rotatable bonds is 4. The zero-order valence-corrected chi connectivity index (χ0v) is 17.2. The van der Waals surface area contributed by atoms with Gasteiger partial charge in [0.25, 0.3) is 0 Å². The molecule has 1 unspecified atom stereocenters. The lowest BCUT2D eigenvalue weighted by atomic mass is 9.95. The standard InChI is InChI=1S/C22H29N3O3/c1-22(2,3)21-23-16(14-26-4)13-20(24-21)25-9-5-6-17(25)15-7-8-18-19(12-15)28-11-10-27-18/h7-8,12-13,17H,5-6,9-11,14H2,1-4H3. The lowest BCUT2D eigenvalue weighted by Crippen LogP contribution is -2.26. The quantitative estimate of drug-likeness (QED) is 0.794. The monoisotopic (exact) mass is 383 g/mol. The third-order valence-corrected chi connectivity index (χ3v) is 5.23. The average Bonchev–Trinajstić information content (AvgIpc) is 3.17. The van der Waals surface area contributed by atoms with E-state index in [1.54, 1.807) is 7.11 Å². The van der Waals surface area contributed by atoms with Crippen LogP contribution in [0.2, 0.25) is 0 Å². The molecule has 0 amide bonds. The van der Waals surface area contributed by atoms with Crippen LogP contribution in [-0.4, -0.2) is 36.8 Å². The van der Waals surface area contributed by atoms with Gasteiger partial charge in [-0.25, -0.2) is 9.97 Å². The summed E-state index contributed by atoms with van der Waals surface area (Å²) < 4.78 is 16.8. The molecule has 0 spiro atoms. The number of fused-ring (bicyclic) bond motifs is 1. The highest BCUT2D eigenvalue weighted by atomic mass is 16.6. The van der Waals surface area contributed by atoms with Crippen molar-refractivity contribution >= 4 is 5.82 Å². The number of hydrogen-bond acceptors (Lipinski definition) is 6. The van der Waals surface area contributed by atoms with Crippen LogP contribution in [0, 0.1) is 0 Å². The second kappa shape index (κ2) is 7.59. The van der Waals surface area contributed by atoms with E-state index in [1.165, 1.54) is 5.56 Å². The Morgan fingerprint density at radius 3 is 2.64 bits per heavy atom. The minimum atomic E-state index is -0.120. The first-order valence-corrected chi connectivity index (χ1v) is 9.99. The van der Waals surface area contributed by atoms with Crippen LogP contribution in [0.15, 0.2) is 24.3 Å². The molecule has 1 fully saturated rings. The summed E-state index contributed by atoms with van der Waals surface area (Å²) in [6.07, 6.45) is 2.22. The van der Waals surface area contributed by atoms with Crippen LogP contribution in [0.4, 0.5) is 5.82 Å². The van der Waals surface area contributed by atoms with Crippen LogP contribution in [0.1, 0.15) is 56.7 Å². The van der Waals surface area contributed by atoms with Gasteiger partial charge in [0.1, 0.15) is 24.9 Å². The first-order chi connectivity index (χ1) is 13.5. The number of nitrogens with zero attached hydrogens (tertiary/aromatic N) is 3. The van der Waals surface area contributed by atoms with Crippen LogP contribution >= 0.6 is 0 Å². The zero-order valence-electron chi connectivity index (χ0n) is 17.2. The van der Waals surface area contributed by atoms with E-state index in [0.717, 1.165) is 48.2 Å². The van der Waals surface area contributed by atoms with Gasteiger partial charge >= 0.3 is 0 Å². The molecule has 1 atom stereocenters. The molecule has 1 aromatic heterocycles. The Morgan fingerprint density at radius 1 is 1.11 bits per heavy atom. The Bertz CT molecular complexity index is 847. The van der Waals surface area contributed by atoms with E-state index in [2.05, 4.69) is 43.9 Å². The van der Waals surface area contributed by atoms with E-state index < -0.39 is 0 Å². The molecule has 3 heterocycles. The Hall–Kier alpha value is -2.34. The van der Waals surface area contributed by atoms with E-state index in [0.29, 0.717) is 19.8 Å². The van der Waals surface area contributed by atoms with Crippen LogP contribution in [-0.2, 0) is 16.8 Å². The van der Waals surface area contributed by atoms with Gasteiger partial charge in [-0.05, 0) is 30.5 Å². The Morgan fingerprint density at radius 2 is 1.89 bits per heavy atom. The fourth-order valence-electron chi connectivity index (χ4n) is 3.84. The van der Waals surface area contributed by atoms with Crippen molar-refractivity contribution in [3.8, 4) is 11.5 Å². The minimum Gasteiger partial charge on any atom is -0.486 e. The highest BCUT2D eigenvalue weighted by Gasteiger charge is 2.30. The molecule has 2 aromatic rings. The van der Waals surface area contributed by atoms with Gasteiger partial charge in [-0.15, -0.1) is 0 Å². The summed E-state index contributed by atoms with van der Waals surface area (Å²) in [4.78, 5) is 12.0. The normalized spacial score (nSPS) is 19.1. The molecule has 0 saturated carbocycles. The molecule has 6 nitrogen and oxygen atoms in total. The largest absolute Gasteiger partial charge is 0.486 e. The van der Waals surface area contributed by atoms with Gasteiger partial charge in [0.15, 0.2) is 11.5 Å². The van der Waals surface area contributed by atoms with Crippen molar-refractivity contribution < 1.29 is 14.2 Å². The lowest BCUT2D eigenvalue weighted by Gasteiger charge is -2.29. The summed E-state index contributed by atoms with van der Waals surface area (Å²) in [6.45, 7) is 9.11. The van der Waals surface area contributed by atoms with E-state index in [9.17, 15) is 0 Å². The summed E-state index contributed by atoms with van der Waals surface area (Å²) in [6, 6.07) is 8.64. The van der Waals surface area contributed by atoms with Crippen molar-refractivity contribution in [2.24, 2.45) is 0 Å². The van der Waals surface area contributed by atoms with Crippen molar-refractivity contribution in [1.82, 2.24) is 9.97 Å². The second-order valence-electron chi connectivity index (χ2n) is 8.48. The summed E-state index contributed by atoms with van der Waals surface area (Å²) in [5.41, 5.74) is 2.04. The van der Waals surface area contributed by atoms with Crippen molar-refractivity contribution in [2.45, 2.75) is 51.7 Å². The predicted octanol–water partition coefficient (Wildman–Crippen LogP) is 4.03. The maximum Gasteiger partial charge on any atom is 0.161 e. The molecule has 0 aliphatic carbocycles. The third-order valence-electron chi connectivity index (χ3n) is 5.23. The third kappa shape index (κ3) is 3.78. The average molecular weight is 383 g/mol. The summed E-state index contributed by atoms with van der Waals surface area (Å²) in [7, 11) is 1.70. The summed E-state index contributed by atoms with van der Waals surface area (Å²) >= 11 is 0. The SMILES string of the molecule is COCc1cc(N2CCCC2c2ccc3c(c2)OCCO3)nc(C(C)(C)C)n1. The number of anilines is 1. The molecule has 2 aliphatic heterocycles. The first kappa shape index (κ1) is 19.0. The van der Waals surface area contributed by atoms with Gasteiger partial charge < -0.3 is 19.1 Å². The number of ether oxygens (including phenoxy) is 3. The summed E-state index contributed by atoms with van der Waals surface area (Å²) in [5.74, 6) is 3.50. The zero-order chi connectivity index (χ0) is 19.7. The number of hydrogen-bond donors (Lipinski definition) is 0. The molecule has 0 bridgehead atoms. The molecule has 2 aliphatic rings. The van der Waals surface area contributed by atoms with E-state index in [-0.39, 0.29) is 11.5 Å². The molecule has 1 saturated heterocycles. The molecule has 0 N–H and O–H groups in total. The molecule has 0 radical (unpaired) electrons. The Balaban J connectivity index is 1.69. The second-order valence-corrected chi connectivity index (χ2v) is 8.48. The molecular formula is C22H29N3O3. The fourth-order valence-corrected chi connectivity index (χ4v) is 3.84. The minimum absolute atomic E-state index is 0.120. The van der Waals surface area contributed by atoms with Crippen molar-refractivity contribution in [3.05, 3.63) is 41.3 Å². The molecule has 28 heavy (non-hydrogen) atoms. The maximum atomic E-state index is 5.79. The number of benzene rings is 1. The van der Waals surface area contributed by atoms with E-state index in [1.807, 2.05) is 6.07 Å². The Labute approximate surface area is 166 Å². The number of methoxy groups -OCH3 is 1. The number of aromatic nitrogens is 2. The van der Waals surface area contributed by atoms with Gasteiger partial charge in [0, 0.05) is 25.1 Å². The maximum absolute atomic E-state index is 5.79. The smallest absolute Gasteiger partial charge is 0.161 e. The molecule has 150 valence electrons. The Kier molecular flexibility index (Phi) is 5.15. The fraction of sp³-hybridized carbons (Fsp3) is 0.545. The molecule has 4 rings (SSSR count). The first-order valence-electron chi connectivity index (χ1n) is 9.99. The van der Waals surface area contributed by atoms with Crippen LogP contribution in [0.25, 0.3) is 0 Å². The van der Waals surface area contributed by atoms with Gasteiger partial charge in [-0.2, -0.15) is 0 Å². The van der Waals surface area contributed by atoms with E-state index in [4.69, 9.17) is 24.2 Å². The van der Waals surface area contributed by atoms with Crippen LogP contribution in [0.3, 0.4) is 0 Å². The lowest BCUT2D eigenvalue weighted by molar-refractivity contribution is 0.171. The van der Waals surface area contributed by atoms with Crippen molar-refractivity contribution in [1.29, 1.82) is 0 Å².